The second-order valence-electron chi connectivity index (χ2n) is 4.00. The lowest BCUT2D eigenvalue weighted by molar-refractivity contribution is 0.0923. The van der Waals surface area contributed by atoms with Gasteiger partial charge in [-0.2, -0.15) is 0 Å². The number of hydrogen-bond donors (Lipinski definition) is 2. The number of amides is 1. The number of carbonyl (C=O) groups excluding carboxylic acids is 1. The fourth-order valence-electron chi connectivity index (χ4n) is 1.74. The van der Waals surface area contributed by atoms with Gasteiger partial charge in [-0.3, -0.25) is 15.1 Å². The van der Waals surface area contributed by atoms with Crippen molar-refractivity contribution in [2.75, 3.05) is 7.05 Å². The molecule has 0 spiro atoms. The molecule has 0 saturated heterocycles. The van der Waals surface area contributed by atoms with E-state index in [0.717, 1.165) is 12.1 Å². The van der Waals surface area contributed by atoms with Crippen LogP contribution >= 0.6 is 11.3 Å². The van der Waals surface area contributed by atoms with Crippen molar-refractivity contribution in [1.82, 2.24) is 10.3 Å². The van der Waals surface area contributed by atoms with E-state index in [4.69, 9.17) is 10.3 Å². The third kappa shape index (κ3) is 2.98. The molecule has 96 valence electrons. The molecule has 0 aromatic carbocycles. The highest BCUT2D eigenvalue weighted by molar-refractivity contribution is 7.09. The fraction of sp³-hybridized carbons (Fsp3) is 0.250. The van der Waals surface area contributed by atoms with E-state index in [9.17, 15) is 4.79 Å². The van der Waals surface area contributed by atoms with Crippen molar-refractivity contribution >= 4 is 17.2 Å². The number of hydrazine groups is 1. The summed E-state index contributed by atoms with van der Waals surface area (Å²) in [6.45, 7) is 1.48. The third-order valence-corrected chi connectivity index (χ3v) is 3.39. The average molecular weight is 265 g/mol. The van der Waals surface area contributed by atoms with E-state index in [1.807, 2.05) is 18.5 Å². The summed E-state index contributed by atoms with van der Waals surface area (Å²) >= 11 is 1.71. The number of nitrogens with one attached hydrogen (secondary N) is 1. The molecule has 0 atom stereocenters. The van der Waals surface area contributed by atoms with Crippen LogP contribution < -0.4 is 11.3 Å². The zero-order valence-corrected chi connectivity index (χ0v) is 10.9. The Kier molecular flexibility index (Phi) is 4.14. The Bertz CT molecular complexity index is 507. The van der Waals surface area contributed by atoms with E-state index in [1.54, 1.807) is 17.4 Å². The van der Waals surface area contributed by atoms with Gasteiger partial charge in [-0.05, 0) is 24.6 Å². The summed E-state index contributed by atoms with van der Waals surface area (Å²) < 4.78 is 5.14. The fourth-order valence-corrected chi connectivity index (χ4v) is 2.52. The normalized spacial score (nSPS) is 10.8. The highest BCUT2D eigenvalue weighted by Crippen LogP contribution is 2.16. The first kappa shape index (κ1) is 12.8. The van der Waals surface area contributed by atoms with Gasteiger partial charge >= 0.3 is 5.91 Å². The maximum absolute atomic E-state index is 11.4. The molecule has 1 amide bonds. The molecule has 0 aliphatic heterocycles. The first-order chi connectivity index (χ1) is 8.70. The van der Waals surface area contributed by atoms with Crippen molar-refractivity contribution in [2.24, 2.45) is 5.84 Å². The Labute approximate surface area is 109 Å². The highest BCUT2D eigenvalue weighted by atomic mass is 32.1. The molecule has 2 heterocycles. The van der Waals surface area contributed by atoms with E-state index in [0.29, 0.717) is 6.54 Å². The summed E-state index contributed by atoms with van der Waals surface area (Å²) in [6.07, 6.45) is 1.50. The van der Waals surface area contributed by atoms with Crippen molar-refractivity contribution in [3.8, 4) is 0 Å². The van der Waals surface area contributed by atoms with Crippen LogP contribution in [0.1, 0.15) is 21.0 Å². The quantitative estimate of drug-likeness (QED) is 0.489. The number of hydrogen-bond acceptors (Lipinski definition) is 5. The van der Waals surface area contributed by atoms with Crippen molar-refractivity contribution in [1.29, 1.82) is 0 Å². The van der Waals surface area contributed by atoms with Crippen molar-refractivity contribution < 1.29 is 9.21 Å². The molecule has 0 aliphatic carbocycles. The predicted octanol–water partition coefficient (Wildman–Crippen LogP) is 1.58. The number of carbonyl (C=O) groups is 1. The van der Waals surface area contributed by atoms with Crippen molar-refractivity contribution in [3.05, 3.63) is 46.0 Å². The molecule has 2 aromatic heterocycles. The van der Waals surface area contributed by atoms with Gasteiger partial charge in [0.05, 0.1) is 6.26 Å². The molecule has 0 radical (unpaired) electrons. The average Bonchev–Trinajstić information content (AvgIpc) is 2.99. The molecular formula is C12H15N3O2S. The van der Waals surface area contributed by atoms with Crippen molar-refractivity contribution in [2.45, 2.75) is 13.1 Å². The number of furan rings is 1. The van der Waals surface area contributed by atoms with Gasteiger partial charge in [-0.15, -0.1) is 11.3 Å². The lowest BCUT2D eigenvalue weighted by atomic mass is 10.2. The van der Waals surface area contributed by atoms with E-state index < -0.39 is 5.91 Å². The lowest BCUT2D eigenvalue weighted by Crippen LogP contribution is -2.31. The molecule has 6 heteroatoms. The van der Waals surface area contributed by atoms with Gasteiger partial charge in [0.25, 0.3) is 0 Å². The molecule has 0 fully saturated rings. The van der Waals surface area contributed by atoms with Gasteiger partial charge in [0.1, 0.15) is 0 Å². The van der Waals surface area contributed by atoms with E-state index in [-0.39, 0.29) is 5.76 Å². The van der Waals surface area contributed by atoms with Crippen LogP contribution in [-0.2, 0) is 13.1 Å². The van der Waals surface area contributed by atoms with Gasteiger partial charge < -0.3 is 4.42 Å². The van der Waals surface area contributed by atoms with Crippen LogP contribution in [0.2, 0.25) is 0 Å². The Morgan fingerprint density at radius 2 is 2.33 bits per heavy atom. The molecule has 3 N–H and O–H groups in total. The number of nitrogen functional groups attached to an aromatic ring is 1. The largest absolute Gasteiger partial charge is 0.459 e. The number of nitrogens with two attached hydrogens (primary N) is 1. The van der Waals surface area contributed by atoms with Gasteiger partial charge in [-0.1, -0.05) is 6.07 Å². The molecular weight excluding hydrogens is 250 g/mol. The topological polar surface area (TPSA) is 71.5 Å². The number of thiophene rings is 1. The molecule has 5 nitrogen and oxygen atoms in total. The maximum Gasteiger partial charge on any atom is 0.301 e. The SMILES string of the molecule is CN(Cc1cccs1)Cc1ccoc1C(=O)NN. The van der Waals surface area contributed by atoms with Crippen LogP contribution in [0.4, 0.5) is 0 Å². The van der Waals surface area contributed by atoms with Crippen LogP contribution in [0.3, 0.4) is 0 Å². The Morgan fingerprint density at radius 1 is 1.50 bits per heavy atom. The minimum absolute atomic E-state index is 0.274. The summed E-state index contributed by atoms with van der Waals surface area (Å²) in [5, 5.41) is 2.05. The van der Waals surface area contributed by atoms with Crippen LogP contribution in [0.5, 0.6) is 0 Å². The molecule has 2 rings (SSSR count). The van der Waals surface area contributed by atoms with E-state index in [1.165, 1.54) is 11.1 Å². The van der Waals surface area contributed by atoms with E-state index in [2.05, 4.69) is 16.4 Å². The van der Waals surface area contributed by atoms with Crippen LogP contribution in [0.15, 0.2) is 34.3 Å². The minimum Gasteiger partial charge on any atom is -0.459 e. The molecule has 18 heavy (non-hydrogen) atoms. The summed E-state index contributed by atoms with van der Waals surface area (Å²) in [4.78, 5) is 14.8. The minimum atomic E-state index is -0.403. The van der Waals surface area contributed by atoms with Gasteiger partial charge in [0.15, 0.2) is 5.76 Å². The zero-order valence-electron chi connectivity index (χ0n) is 10.1. The van der Waals surface area contributed by atoms with Gasteiger partial charge in [-0.25, -0.2) is 5.84 Å². The van der Waals surface area contributed by atoms with Crippen LogP contribution in [0, 0.1) is 0 Å². The Balaban J connectivity index is 2.01. The monoisotopic (exact) mass is 265 g/mol. The first-order valence-electron chi connectivity index (χ1n) is 5.49. The standard InChI is InChI=1S/C12H15N3O2S/c1-15(8-10-3-2-6-18-10)7-9-4-5-17-11(9)12(16)14-13/h2-6H,7-8,13H2,1H3,(H,14,16). The van der Waals surface area contributed by atoms with Crippen molar-refractivity contribution in [3.63, 3.8) is 0 Å². The Morgan fingerprint density at radius 3 is 3.00 bits per heavy atom. The summed E-state index contributed by atoms with van der Waals surface area (Å²) in [5.74, 6) is 4.97. The van der Waals surface area contributed by atoms with Gasteiger partial charge in [0, 0.05) is 23.5 Å². The van der Waals surface area contributed by atoms with Gasteiger partial charge in [0.2, 0.25) is 0 Å². The predicted molar refractivity (Wildman–Crippen MR) is 69.9 cm³/mol. The molecule has 0 unspecified atom stereocenters. The molecule has 0 aliphatic rings. The molecule has 0 saturated carbocycles. The van der Waals surface area contributed by atoms with Crippen LogP contribution in [0.25, 0.3) is 0 Å². The number of rotatable bonds is 5. The lowest BCUT2D eigenvalue weighted by Gasteiger charge is -2.15. The van der Waals surface area contributed by atoms with Crippen LogP contribution in [-0.4, -0.2) is 17.9 Å². The van der Waals surface area contributed by atoms with E-state index >= 15 is 0 Å². The zero-order chi connectivity index (χ0) is 13.0. The highest BCUT2D eigenvalue weighted by Gasteiger charge is 2.15. The first-order valence-corrected chi connectivity index (χ1v) is 6.37. The second-order valence-corrected chi connectivity index (χ2v) is 5.03. The molecule has 0 bridgehead atoms. The summed E-state index contributed by atoms with van der Waals surface area (Å²) in [5.41, 5.74) is 2.91. The maximum atomic E-state index is 11.4. The third-order valence-electron chi connectivity index (χ3n) is 2.53. The smallest absolute Gasteiger partial charge is 0.301 e. The molecule has 2 aromatic rings. The second kappa shape index (κ2) is 5.81. The summed E-state index contributed by atoms with van der Waals surface area (Å²) in [6, 6.07) is 5.90. The summed E-state index contributed by atoms with van der Waals surface area (Å²) in [7, 11) is 2.00. The number of nitrogens with zero attached hydrogens (tertiary/aromatic N) is 1. The Hall–Kier alpha value is -1.63.